The van der Waals surface area contributed by atoms with E-state index in [2.05, 4.69) is 5.43 Å². The summed E-state index contributed by atoms with van der Waals surface area (Å²) in [6, 6.07) is 12.3. The first kappa shape index (κ1) is 17.2. The number of carbonyl (C=O) groups is 3. The molecule has 0 unspecified atom stereocenters. The Morgan fingerprint density at radius 3 is 2.38 bits per heavy atom. The number of nitrogens with zero attached hydrogens (tertiary/aromatic N) is 1. The zero-order valence-corrected chi connectivity index (χ0v) is 13.9. The van der Waals surface area contributed by atoms with Gasteiger partial charge in [0.1, 0.15) is 11.3 Å². The van der Waals surface area contributed by atoms with E-state index in [4.69, 9.17) is 4.74 Å². The van der Waals surface area contributed by atoms with Crippen molar-refractivity contribution in [2.75, 3.05) is 11.6 Å². The average Bonchev–Trinajstić information content (AvgIpc) is 2.92. The lowest BCUT2D eigenvalue weighted by Gasteiger charge is -2.14. The molecule has 2 N–H and O–H groups in total. The van der Waals surface area contributed by atoms with E-state index in [0.717, 1.165) is 5.01 Å². The lowest BCUT2D eigenvalue weighted by Crippen LogP contribution is -2.35. The number of esters is 1. The van der Waals surface area contributed by atoms with Crippen LogP contribution >= 0.6 is 0 Å². The number of amides is 2. The highest BCUT2D eigenvalue weighted by atomic mass is 16.5. The molecule has 0 spiro atoms. The van der Waals surface area contributed by atoms with Gasteiger partial charge < -0.3 is 9.84 Å². The molecule has 1 heterocycles. The Bertz CT molecular complexity index is 885. The van der Waals surface area contributed by atoms with E-state index in [1.165, 1.54) is 30.3 Å². The summed E-state index contributed by atoms with van der Waals surface area (Å²) in [7, 11) is 0. The van der Waals surface area contributed by atoms with Crippen molar-refractivity contribution in [1.29, 1.82) is 0 Å². The van der Waals surface area contributed by atoms with Crippen LogP contribution in [0.1, 0.15) is 22.8 Å². The van der Waals surface area contributed by atoms with Crippen LogP contribution < -0.4 is 10.4 Å². The van der Waals surface area contributed by atoms with E-state index in [1.54, 1.807) is 31.2 Å². The van der Waals surface area contributed by atoms with E-state index in [-0.39, 0.29) is 17.9 Å². The van der Waals surface area contributed by atoms with Crippen LogP contribution in [-0.2, 0) is 14.3 Å². The standard InChI is InChI=1S/C19H16N2O5/c1-2-26-19(25)13-5-7-14(8-6-13)21-18(24)16(17(23)20-21)11-12-3-9-15(22)10-4-12/h3-11,22H,2H2,1H3,(H,20,23)/b16-11+. The maximum Gasteiger partial charge on any atom is 0.338 e. The number of hydrogen-bond acceptors (Lipinski definition) is 5. The van der Waals surface area contributed by atoms with Crippen LogP contribution in [0, 0.1) is 0 Å². The molecule has 0 aromatic heterocycles. The van der Waals surface area contributed by atoms with Gasteiger partial charge in [0, 0.05) is 0 Å². The molecule has 1 aliphatic heterocycles. The number of anilines is 1. The molecule has 1 aliphatic rings. The fourth-order valence-corrected chi connectivity index (χ4v) is 2.44. The van der Waals surface area contributed by atoms with Gasteiger partial charge in [-0.15, -0.1) is 0 Å². The van der Waals surface area contributed by atoms with Crippen molar-refractivity contribution >= 4 is 29.5 Å². The number of benzene rings is 2. The molecule has 132 valence electrons. The van der Waals surface area contributed by atoms with Gasteiger partial charge in [-0.1, -0.05) is 12.1 Å². The molecule has 0 bridgehead atoms. The fourth-order valence-electron chi connectivity index (χ4n) is 2.44. The predicted molar refractivity (Wildman–Crippen MR) is 94.1 cm³/mol. The third-order valence-corrected chi connectivity index (χ3v) is 3.73. The number of phenols is 1. The maximum atomic E-state index is 12.5. The van der Waals surface area contributed by atoms with Gasteiger partial charge in [-0.2, -0.15) is 0 Å². The van der Waals surface area contributed by atoms with Gasteiger partial charge in [-0.25, -0.2) is 9.80 Å². The largest absolute Gasteiger partial charge is 0.508 e. The van der Waals surface area contributed by atoms with E-state index in [1.807, 2.05) is 0 Å². The quantitative estimate of drug-likeness (QED) is 0.499. The van der Waals surface area contributed by atoms with Crippen LogP contribution in [0.25, 0.3) is 6.08 Å². The Balaban J connectivity index is 1.82. The molecule has 3 rings (SSSR count). The van der Waals surface area contributed by atoms with Crippen LogP contribution in [0.4, 0.5) is 5.69 Å². The topological polar surface area (TPSA) is 95.9 Å². The first-order chi connectivity index (χ1) is 12.5. The fraction of sp³-hybridized carbons (Fsp3) is 0.105. The minimum Gasteiger partial charge on any atom is -0.508 e. The SMILES string of the molecule is CCOC(=O)c1ccc(N2NC(=O)/C(=C\c3ccc(O)cc3)C2=O)cc1. The minimum atomic E-state index is -0.530. The van der Waals surface area contributed by atoms with E-state index in [0.29, 0.717) is 16.8 Å². The first-order valence-electron chi connectivity index (χ1n) is 7.93. The zero-order chi connectivity index (χ0) is 18.7. The Hall–Kier alpha value is -3.61. The lowest BCUT2D eigenvalue weighted by molar-refractivity contribution is -0.117. The zero-order valence-electron chi connectivity index (χ0n) is 13.9. The summed E-state index contributed by atoms with van der Waals surface area (Å²) in [4.78, 5) is 36.4. The first-order valence-corrected chi connectivity index (χ1v) is 7.93. The van der Waals surface area contributed by atoms with Gasteiger partial charge >= 0.3 is 5.97 Å². The van der Waals surface area contributed by atoms with Crippen molar-refractivity contribution in [2.45, 2.75) is 6.92 Å². The second-order valence-electron chi connectivity index (χ2n) is 5.50. The summed E-state index contributed by atoms with van der Waals surface area (Å²) in [5, 5.41) is 10.4. The lowest BCUT2D eigenvalue weighted by atomic mass is 10.1. The van der Waals surface area contributed by atoms with Crippen LogP contribution in [-0.4, -0.2) is 29.5 Å². The Morgan fingerprint density at radius 2 is 1.77 bits per heavy atom. The van der Waals surface area contributed by atoms with Crippen molar-refractivity contribution in [3.63, 3.8) is 0 Å². The molecule has 2 aromatic rings. The third-order valence-electron chi connectivity index (χ3n) is 3.73. The van der Waals surface area contributed by atoms with Gasteiger partial charge in [-0.3, -0.25) is 15.0 Å². The normalized spacial score (nSPS) is 15.3. The average molecular weight is 352 g/mol. The molecule has 1 saturated heterocycles. The molecule has 7 heteroatoms. The smallest absolute Gasteiger partial charge is 0.338 e. The second kappa shape index (κ2) is 7.10. The summed E-state index contributed by atoms with van der Waals surface area (Å²) >= 11 is 0. The molecule has 0 atom stereocenters. The number of hydrogen-bond donors (Lipinski definition) is 2. The van der Waals surface area contributed by atoms with Gasteiger partial charge in [0.25, 0.3) is 11.8 Å². The molecule has 0 aliphatic carbocycles. The molecule has 1 fully saturated rings. The monoisotopic (exact) mass is 352 g/mol. The number of carbonyl (C=O) groups excluding carboxylic acids is 3. The summed E-state index contributed by atoms with van der Waals surface area (Å²) in [6.07, 6.45) is 1.45. The Labute approximate surface area is 149 Å². The number of phenolic OH excluding ortho intramolecular Hbond substituents is 1. The molecule has 0 saturated carbocycles. The third kappa shape index (κ3) is 3.41. The van der Waals surface area contributed by atoms with Crippen molar-refractivity contribution in [3.05, 3.63) is 65.2 Å². The molecule has 2 amide bonds. The summed E-state index contributed by atoms with van der Waals surface area (Å²) < 4.78 is 4.91. The highest BCUT2D eigenvalue weighted by Crippen LogP contribution is 2.22. The molecule has 2 aromatic carbocycles. The highest BCUT2D eigenvalue weighted by Gasteiger charge is 2.34. The number of ether oxygens (including phenoxy) is 1. The second-order valence-corrected chi connectivity index (χ2v) is 5.50. The predicted octanol–water partition coefficient (Wildman–Crippen LogP) is 2.03. The van der Waals surface area contributed by atoms with Crippen LogP contribution in [0.5, 0.6) is 5.75 Å². The van der Waals surface area contributed by atoms with Crippen molar-refractivity contribution < 1.29 is 24.2 Å². The molecular formula is C19H16N2O5. The van der Waals surface area contributed by atoms with Gasteiger partial charge in [0.2, 0.25) is 0 Å². The molecular weight excluding hydrogens is 336 g/mol. The molecule has 26 heavy (non-hydrogen) atoms. The Kier molecular flexibility index (Phi) is 4.70. The highest BCUT2D eigenvalue weighted by molar-refractivity contribution is 6.31. The Morgan fingerprint density at radius 1 is 1.12 bits per heavy atom. The van der Waals surface area contributed by atoms with Crippen LogP contribution in [0.2, 0.25) is 0 Å². The summed E-state index contributed by atoms with van der Waals surface area (Å²) in [6.45, 7) is 1.99. The molecule has 7 nitrogen and oxygen atoms in total. The van der Waals surface area contributed by atoms with Crippen LogP contribution in [0.3, 0.4) is 0 Å². The summed E-state index contributed by atoms with van der Waals surface area (Å²) in [5.41, 5.74) is 3.85. The van der Waals surface area contributed by atoms with Crippen molar-refractivity contribution in [2.24, 2.45) is 0 Å². The van der Waals surface area contributed by atoms with Gasteiger partial charge in [0.15, 0.2) is 0 Å². The number of nitrogens with one attached hydrogen (secondary N) is 1. The summed E-state index contributed by atoms with van der Waals surface area (Å²) in [5.74, 6) is -1.40. The van der Waals surface area contributed by atoms with E-state index < -0.39 is 17.8 Å². The van der Waals surface area contributed by atoms with Gasteiger partial charge in [-0.05, 0) is 55.0 Å². The number of rotatable bonds is 4. The minimum absolute atomic E-state index is 0.0230. The number of aromatic hydroxyl groups is 1. The van der Waals surface area contributed by atoms with E-state index >= 15 is 0 Å². The van der Waals surface area contributed by atoms with Crippen molar-refractivity contribution in [1.82, 2.24) is 5.43 Å². The maximum absolute atomic E-state index is 12.5. The van der Waals surface area contributed by atoms with Gasteiger partial charge in [0.05, 0.1) is 17.9 Å². The molecule has 0 radical (unpaired) electrons. The van der Waals surface area contributed by atoms with Crippen molar-refractivity contribution in [3.8, 4) is 5.75 Å². The van der Waals surface area contributed by atoms with Crippen LogP contribution in [0.15, 0.2) is 54.1 Å². The number of hydrazine groups is 1. The van der Waals surface area contributed by atoms with E-state index in [9.17, 15) is 19.5 Å².